The Kier molecular flexibility index (Phi) is 4.44. The van der Waals surface area contributed by atoms with Gasteiger partial charge in [-0.15, -0.1) is 0 Å². The summed E-state index contributed by atoms with van der Waals surface area (Å²) in [4.78, 5) is 2.22. The maximum atomic E-state index is 9.36. The molecule has 0 saturated carbocycles. The van der Waals surface area contributed by atoms with E-state index >= 15 is 0 Å². The van der Waals surface area contributed by atoms with Crippen LogP contribution in [0.5, 0.6) is 0 Å². The van der Waals surface area contributed by atoms with Gasteiger partial charge in [0, 0.05) is 15.1 Å². The van der Waals surface area contributed by atoms with Crippen LogP contribution < -0.4 is 0 Å². The second kappa shape index (κ2) is 5.86. The Morgan fingerprint density at radius 1 is 1.29 bits per heavy atom. The molecule has 1 aliphatic heterocycles. The lowest BCUT2D eigenvalue weighted by molar-refractivity contribution is 0.196. The van der Waals surface area contributed by atoms with Crippen molar-refractivity contribution in [2.45, 2.75) is 25.3 Å². The van der Waals surface area contributed by atoms with Crippen LogP contribution in [-0.2, 0) is 0 Å². The normalized spacial score (nSPS) is 18.6. The van der Waals surface area contributed by atoms with E-state index in [0.717, 1.165) is 23.1 Å². The molecule has 1 aromatic rings. The minimum absolute atomic E-state index is 0.212. The first kappa shape index (κ1) is 12.9. The summed E-state index contributed by atoms with van der Waals surface area (Å²) < 4.78 is 0.946. The molecule has 1 aromatic carbocycles. The van der Waals surface area contributed by atoms with Crippen LogP contribution in [0.1, 0.15) is 30.9 Å². The van der Waals surface area contributed by atoms with Gasteiger partial charge in [-0.2, -0.15) is 5.26 Å². The van der Waals surface area contributed by atoms with E-state index in [1.165, 1.54) is 19.3 Å². The van der Waals surface area contributed by atoms with Crippen molar-refractivity contribution in [2.75, 3.05) is 13.1 Å². The van der Waals surface area contributed by atoms with Gasteiger partial charge < -0.3 is 0 Å². The first-order valence-corrected chi connectivity index (χ1v) is 6.98. The zero-order chi connectivity index (χ0) is 12.3. The molecular formula is C13H14BrClN2. The average molecular weight is 314 g/mol. The second-order valence-electron chi connectivity index (χ2n) is 4.29. The fraction of sp³-hybridized carbons (Fsp3) is 0.462. The maximum absolute atomic E-state index is 9.36. The number of nitriles is 1. The molecule has 1 atom stereocenters. The van der Waals surface area contributed by atoms with Crippen LogP contribution in [0, 0.1) is 11.3 Å². The van der Waals surface area contributed by atoms with Gasteiger partial charge in [0.1, 0.15) is 6.04 Å². The van der Waals surface area contributed by atoms with Gasteiger partial charge in [0.2, 0.25) is 0 Å². The summed E-state index contributed by atoms with van der Waals surface area (Å²) in [7, 11) is 0. The molecule has 4 heteroatoms. The highest BCUT2D eigenvalue weighted by Crippen LogP contribution is 2.31. The van der Waals surface area contributed by atoms with Crippen molar-refractivity contribution >= 4 is 27.5 Å². The number of hydrogen-bond acceptors (Lipinski definition) is 2. The second-order valence-corrected chi connectivity index (χ2v) is 5.62. The summed E-state index contributed by atoms with van der Waals surface area (Å²) >= 11 is 9.60. The third-order valence-corrected chi connectivity index (χ3v) is 3.96. The van der Waals surface area contributed by atoms with E-state index in [4.69, 9.17) is 11.6 Å². The lowest BCUT2D eigenvalue weighted by Gasteiger charge is -2.31. The molecule has 0 aromatic heterocycles. The zero-order valence-electron chi connectivity index (χ0n) is 9.50. The van der Waals surface area contributed by atoms with E-state index in [2.05, 4.69) is 26.9 Å². The van der Waals surface area contributed by atoms with Crippen molar-refractivity contribution in [3.8, 4) is 6.07 Å². The van der Waals surface area contributed by atoms with Crippen LogP contribution in [-0.4, -0.2) is 18.0 Å². The Morgan fingerprint density at radius 3 is 2.59 bits per heavy atom. The summed E-state index contributed by atoms with van der Waals surface area (Å²) in [6, 6.07) is 7.89. The van der Waals surface area contributed by atoms with Crippen LogP contribution >= 0.6 is 27.5 Å². The predicted octanol–water partition coefficient (Wildman–Crippen LogP) is 4.15. The lowest BCUT2D eigenvalue weighted by atomic mass is 10.0. The van der Waals surface area contributed by atoms with E-state index in [-0.39, 0.29) is 6.04 Å². The quantitative estimate of drug-likeness (QED) is 0.820. The zero-order valence-corrected chi connectivity index (χ0v) is 11.8. The number of piperidine rings is 1. The van der Waals surface area contributed by atoms with Gasteiger partial charge in [-0.25, -0.2) is 0 Å². The molecule has 1 aliphatic rings. The van der Waals surface area contributed by atoms with Crippen molar-refractivity contribution in [3.63, 3.8) is 0 Å². The molecule has 17 heavy (non-hydrogen) atoms. The average Bonchev–Trinajstić information content (AvgIpc) is 2.34. The Labute approximate surface area is 115 Å². The molecule has 0 spiro atoms. The lowest BCUT2D eigenvalue weighted by Crippen LogP contribution is -2.33. The third kappa shape index (κ3) is 3.01. The van der Waals surface area contributed by atoms with E-state index < -0.39 is 0 Å². The van der Waals surface area contributed by atoms with Gasteiger partial charge in [0.05, 0.1) is 6.07 Å². The number of halogens is 2. The molecular weight excluding hydrogens is 300 g/mol. The van der Waals surface area contributed by atoms with Crippen LogP contribution in [0.3, 0.4) is 0 Å². The summed E-state index contributed by atoms with van der Waals surface area (Å²) in [5.74, 6) is 0. The molecule has 1 fully saturated rings. The molecule has 1 heterocycles. The van der Waals surface area contributed by atoms with Gasteiger partial charge in [-0.05, 0) is 38.1 Å². The molecule has 90 valence electrons. The van der Waals surface area contributed by atoms with E-state index in [1.807, 2.05) is 18.2 Å². The van der Waals surface area contributed by atoms with Gasteiger partial charge in [0.25, 0.3) is 0 Å². The molecule has 0 radical (unpaired) electrons. The number of benzene rings is 1. The molecule has 0 bridgehead atoms. The van der Waals surface area contributed by atoms with E-state index in [9.17, 15) is 5.26 Å². The standard InChI is InChI=1S/C13H14BrClN2/c14-10-4-5-11(12(15)8-10)13(9-16)17-6-2-1-3-7-17/h4-5,8,13H,1-3,6-7H2. The number of nitrogens with zero attached hydrogens (tertiary/aromatic N) is 2. The van der Waals surface area contributed by atoms with E-state index in [0.29, 0.717) is 5.02 Å². The summed E-state index contributed by atoms with van der Waals surface area (Å²) in [5.41, 5.74) is 0.916. The number of likely N-dealkylation sites (tertiary alicyclic amines) is 1. The van der Waals surface area contributed by atoms with Crippen LogP contribution in [0.15, 0.2) is 22.7 Å². The molecule has 0 amide bonds. The minimum Gasteiger partial charge on any atom is -0.284 e. The molecule has 2 rings (SSSR count). The van der Waals surface area contributed by atoms with Crippen molar-refractivity contribution in [2.24, 2.45) is 0 Å². The summed E-state index contributed by atoms with van der Waals surface area (Å²) in [5, 5.41) is 10.0. The molecule has 1 saturated heterocycles. The summed E-state index contributed by atoms with van der Waals surface area (Å²) in [6.07, 6.45) is 3.61. The Balaban J connectivity index is 2.25. The fourth-order valence-corrected chi connectivity index (χ4v) is 3.02. The fourth-order valence-electron chi connectivity index (χ4n) is 2.25. The first-order valence-electron chi connectivity index (χ1n) is 5.81. The predicted molar refractivity (Wildman–Crippen MR) is 72.9 cm³/mol. The first-order chi connectivity index (χ1) is 8.22. The molecule has 0 aliphatic carbocycles. The van der Waals surface area contributed by atoms with Crippen molar-refractivity contribution < 1.29 is 0 Å². The van der Waals surface area contributed by atoms with Crippen LogP contribution in [0.25, 0.3) is 0 Å². The Morgan fingerprint density at radius 2 is 2.00 bits per heavy atom. The van der Waals surface area contributed by atoms with Crippen molar-refractivity contribution in [1.82, 2.24) is 4.90 Å². The van der Waals surface area contributed by atoms with Crippen molar-refractivity contribution in [1.29, 1.82) is 5.26 Å². The highest BCUT2D eigenvalue weighted by Gasteiger charge is 2.23. The summed E-state index contributed by atoms with van der Waals surface area (Å²) in [6.45, 7) is 1.98. The van der Waals surface area contributed by atoms with Gasteiger partial charge in [-0.3, -0.25) is 4.90 Å². The van der Waals surface area contributed by atoms with Crippen LogP contribution in [0.4, 0.5) is 0 Å². The van der Waals surface area contributed by atoms with E-state index in [1.54, 1.807) is 0 Å². The maximum Gasteiger partial charge on any atom is 0.125 e. The highest BCUT2D eigenvalue weighted by atomic mass is 79.9. The number of rotatable bonds is 2. The molecule has 2 nitrogen and oxygen atoms in total. The number of hydrogen-bond donors (Lipinski definition) is 0. The topological polar surface area (TPSA) is 27.0 Å². The van der Waals surface area contributed by atoms with Crippen molar-refractivity contribution in [3.05, 3.63) is 33.3 Å². The largest absolute Gasteiger partial charge is 0.284 e. The smallest absolute Gasteiger partial charge is 0.125 e. The highest BCUT2D eigenvalue weighted by molar-refractivity contribution is 9.10. The van der Waals surface area contributed by atoms with Gasteiger partial charge in [-0.1, -0.05) is 40.0 Å². The Hall–Kier alpha value is -0.560. The Bertz CT molecular complexity index is 436. The molecule has 1 unspecified atom stereocenters. The SMILES string of the molecule is N#CC(c1ccc(Br)cc1Cl)N1CCCCC1. The van der Waals surface area contributed by atoms with Gasteiger partial charge in [0.15, 0.2) is 0 Å². The van der Waals surface area contributed by atoms with Crippen LogP contribution in [0.2, 0.25) is 5.02 Å². The van der Waals surface area contributed by atoms with Gasteiger partial charge >= 0.3 is 0 Å². The minimum atomic E-state index is -0.212. The monoisotopic (exact) mass is 312 g/mol. The molecule has 0 N–H and O–H groups in total. The third-order valence-electron chi connectivity index (χ3n) is 3.14.